The number of hydrogen-bond donors (Lipinski definition) is 0. The first-order valence-electron chi connectivity index (χ1n) is 6.33. The van der Waals surface area contributed by atoms with Gasteiger partial charge in [-0.05, 0) is 0 Å². The summed E-state index contributed by atoms with van der Waals surface area (Å²) in [5.41, 5.74) is 2.88. The van der Waals surface area contributed by atoms with Crippen molar-refractivity contribution in [1.29, 1.82) is 0 Å². The summed E-state index contributed by atoms with van der Waals surface area (Å²) in [5, 5.41) is 3.71. The molecule has 0 atom stereocenters. The molecule has 90 valence electrons. The quantitative estimate of drug-likeness (QED) is 0.620. The summed E-state index contributed by atoms with van der Waals surface area (Å²) in [6.07, 6.45) is 0. The third kappa shape index (κ3) is 2.02. The van der Waals surface area contributed by atoms with Crippen LogP contribution in [0.3, 0.4) is 0 Å². The fourth-order valence-electron chi connectivity index (χ4n) is 2.43. The van der Waals surface area contributed by atoms with Crippen LogP contribution in [0.2, 0.25) is 11.5 Å². The molecule has 1 heterocycles. The summed E-state index contributed by atoms with van der Waals surface area (Å²) in [6, 6.07) is 17.7. The Morgan fingerprint density at radius 1 is 0.833 bits per heavy atom. The molecule has 0 unspecified atom stereocenters. The molecular weight excluding hydrogens is 297 g/mol. The second-order valence-corrected chi connectivity index (χ2v) is 11.9. The van der Waals surface area contributed by atoms with Gasteiger partial charge < -0.3 is 0 Å². The van der Waals surface area contributed by atoms with Gasteiger partial charge in [0.15, 0.2) is 0 Å². The zero-order chi connectivity index (χ0) is 12.5. The first-order valence-corrected chi connectivity index (χ1v) is 13.3. The molecule has 0 amide bonds. The van der Waals surface area contributed by atoms with E-state index >= 15 is 0 Å². The predicted molar refractivity (Wildman–Crippen MR) is 85.8 cm³/mol. The molecule has 0 aliphatic carbocycles. The topological polar surface area (TPSA) is 0 Å². The minimum atomic E-state index is -1.26. The average molecular weight is 313 g/mol. The molecule has 0 aliphatic rings. The molecule has 0 N–H and O–H groups in total. The number of thiophene rings is 1. The molecule has 0 aliphatic heterocycles. The molecule has 1 aromatic heterocycles. The van der Waals surface area contributed by atoms with Gasteiger partial charge in [-0.2, -0.15) is 0 Å². The molecule has 18 heavy (non-hydrogen) atoms. The minimum absolute atomic E-state index is 1.26. The maximum atomic E-state index is 2.44. The van der Waals surface area contributed by atoms with Crippen molar-refractivity contribution < 1.29 is 0 Å². The Bertz CT molecular complexity index is 682. The second kappa shape index (κ2) is 4.90. The van der Waals surface area contributed by atoms with Gasteiger partial charge in [0.25, 0.3) is 0 Å². The molecule has 2 heteroatoms. The fourth-order valence-corrected chi connectivity index (χ4v) is 6.27. The maximum absolute atomic E-state index is 2.44. The molecule has 2 aromatic carbocycles. The van der Waals surface area contributed by atoms with Crippen LogP contribution in [-0.2, 0) is 0 Å². The van der Waals surface area contributed by atoms with Crippen molar-refractivity contribution in [3.63, 3.8) is 0 Å². The van der Waals surface area contributed by atoms with Gasteiger partial charge in [0.05, 0.1) is 0 Å². The first-order chi connectivity index (χ1) is 8.77. The third-order valence-electron chi connectivity index (χ3n) is 3.35. The zero-order valence-corrected chi connectivity index (χ0v) is 13.9. The SMILES string of the molecule is [CH3][GeH]([CH3])[c]1ccccc1-c1csc2ccccc12. The number of rotatable bonds is 2. The second-order valence-electron chi connectivity index (χ2n) is 4.89. The molecule has 0 radical (unpaired) electrons. The van der Waals surface area contributed by atoms with E-state index in [1.807, 2.05) is 11.3 Å². The van der Waals surface area contributed by atoms with Crippen LogP contribution in [0.1, 0.15) is 0 Å². The summed E-state index contributed by atoms with van der Waals surface area (Å²) in [4.78, 5) is 0. The normalized spacial score (nSPS) is 11.3. The van der Waals surface area contributed by atoms with Gasteiger partial charge in [-0.3, -0.25) is 0 Å². The van der Waals surface area contributed by atoms with E-state index in [0.29, 0.717) is 0 Å². The summed E-state index contributed by atoms with van der Waals surface area (Å²) in [5.74, 6) is 4.89. The van der Waals surface area contributed by atoms with Crippen LogP contribution in [0, 0.1) is 0 Å². The fraction of sp³-hybridized carbons (Fsp3) is 0.125. The Kier molecular flexibility index (Phi) is 3.27. The Hall–Kier alpha value is -1.06. The van der Waals surface area contributed by atoms with Crippen molar-refractivity contribution in [2.24, 2.45) is 0 Å². The van der Waals surface area contributed by atoms with Crippen LogP contribution >= 0.6 is 11.3 Å². The van der Waals surface area contributed by atoms with Gasteiger partial charge >= 0.3 is 117 Å². The van der Waals surface area contributed by atoms with Gasteiger partial charge in [0, 0.05) is 0 Å². The van der Waals surface area contributed by atoms with E-state index in [0.717, 1.165) is 0 Å². The van der Waals surface area contributed by atoms with Gasteiger partial charge in [0.2, 0.25) is 0 Å². The summed E-state index contributed by atoms with van der Waals surface area (Å²) in [7, 11) is 0. The van der Waals surface area contributed by atoms with Crippen molar-refractivity contribution in [1.82, 2.24) is 0 Å². The van der Waals surface area contributed by atoms with E-state index in [1.54, 1.807) is 4.40 Å². The van der Waals surface area contributed by atoms with Gasteiger partial charge in [0.1, 0.15) is 0 Å². The van der Waals surface area contributed by atoms with Crippen LogP contribution in [0.4, 0.5) is 0 Å². The first kappa shape index (κ1) is 12.0. The van der Waals surface area contributed by atoms with Gasteiger partial charge in [-0.15, -0.1) is 0 Å². The Morgan fingerprint density at radius 2 is 1.56 bits per heavy atom. The molecule has 0 nitrogen and oxygen atoms in total. The van der Waals surface area contributed by atoms with Crippen LogP contribution in [0.15, 0.2) is 53.9 Å². The molecule has 0 bridgehead atoms. The molecular formula is C16H16GeS. The van der Waals surface area contributed by atoms with E-state index in [1.165, 1.54) is 21.2 Å². The van der Waals surface area contributed by atoms with E-state index in [2.05, 4.69) is 65.4 Å². The molecule has 3 aromatic rings. The average Bonchev–Trinajstić information content (AvgIpc) is 2.82. The van der Waals surface area contributed by atoms with Crippen LogP contribution in [-0.4, -0.2) is 14.3 Å². The predicted octanol–water partition coefficient (Wildman–Crippen LogP) is 4.26. The van der Waals surface area contributed by atoms with Crippen molar-refractivity contribution in [2.75, 3.05) is 0 Å². The molecule has 0 fully saturated rings. The number of benzene rings is 2. The molecule has 0 saturated heterocycles. The Balaban J connectivity index is 2.27. The molecule has 0 saturated carbocycles. The zero-order valence-electron chi connectivity index (χ0n) is 10.7. The summed E-state index contributed by atoms with van der Waals surface area (Å²) in [6.45, 7) is 0. The summed E-state index contributed by atoms with van der Waals surface area (Å²) >= 11 is 0.591. The van der Waals surface area contributed by atoms with Crippen molar-refractivity contribution in [2.45, 2.75) is 11.5 Å². The van der Waals surface area contributed by atoms with Crippen molar-refractivity contribution >= 4 is 40.2 Å². The Labute approximate surface area is 116 Å². The summed E-state index contributed by atoms with van der Waals surface area (Å²) < 4.78 is 3.01. The van der Waals surface area contributed by atoms with Crippen molar-refractivity contribution in [3.8, 4) is 11.1 Å². The molecule has 0 spiro atoms. The van der Waals surface area contributed by atoms with Gasteiger partial charge in [-0.25, -0.2) is 0 Å². The number of fused-ring (bicyclic) bond motifs is 1. The standard InChI is InChI=1S/C16H16GeS/c1-17(2)15-9-5-3-7-12(15)14-11-18-16-10-6-4-8-13(14)16/h3-11,17H,1-2H3. The van der Waals surface area contributed by atoms with E-state index in [-0.39, 0.29) is 0 Å². The van der Waals surface area contributed by atoms with E-state index in [9.17, 15) is 0 Å². The van der Waals surface area contributed by atoms with Crippen LogP contribution < -0.4 is 4.40 Å². The van der Waals surface area contributed by atoms with E-state index < -0.39 is 14.3 Å². The third-order valence-corrected chi connectivity index (χ3v) is 7.98. The van der Waals surface area contributed by atoms with Crippen molar-refractivity contribution in [3.05, 3.63) is 53.9 Å². The molecule has 3 rings (SSSR count). The van der Waals surface area contributed by atoms with Crippen LogP contribution in [0.5, 0.6) is 0 Å². The van der Waals surface area contributed by atoms with E-state index in [4.69, 9.17) is 0 Å². The van der Waals surface area contributed by atoms with Gasteiger partial charge in [-0.1, -0.05) is 0 Å². The monoisotopic (exact) mass is 314 g/mol. The Morgan fingerprint density at radius 3 is 2.39 bits per heavy atom. The number of hydrogen-bond acceptors (Lipinski definition) is 1. The van der Waals surface area contributed by atoms with Crippen LogP contribution in [0.25, 0.3) is 21.2 Å².